The number of rotatable bonds is 6. The zero-order valence-electron chi connectivity index (χ0n) is 12.1. The molecule has 112 valence electrons. The van der Waals surface area contributed by atoms with Gasteiger partial charge in [-0.1, -0.05) is 11.8 Å². The smallest absolute Gasteiger partial charge is 0.313 e. The maximum atomic E-state index is 10.7. The van der Waals surface area contributed by atoms with Crippen LogP contribution in [0.4, 0.5) is 0 Å². The molecule has 0 saturated heterocycles. The van der Waals surface area contributed by atoms with E-state index in [0.717, 1.165) is 17.1 Å². The van der Waals surface area contributed by atoms with Gasteiger partial charge in [-0.2, -0.15) is 0 Å². The second-order valence-corrected chi connectivity index (χ2v) is 5.62. The van der Waals surface area contributed by atoms with Gasteiger partial charge in [0.25, 0.3) is 0 Å². The Hall–Kier alpha value is -2.02. The van der Waals surface area contributed by atoms with Crippen LogP contribution in [0.15, 0.2) is 29.4 Å². The largest absolute Gasteiger partial charge is 0.497 e. The summed E-state index contributed by atoms with van der Waals surface area (Å²) in [6, 6.07) is 7.67. The third kappa shape index (κ3) is 3.55. The van der Waals surface area contributed by atoms with Crippen molar-refractivity contribution in [2.24, 2.45) is 0 Å². The number of carboxylic acids is 1. The van der Waals surface area contributed by atoms with Crippen LogP contribution in [0.25, 0.3) is 11.4 Å². The van der Waals surface area contributed by atoms with Gasteiger partial charge >= 0.3 is 5.97 Å². The van der Waals surface area contributed by atoms with Crippen molar-refractivity contribution >= 4 is 17.7 Å². The molecule has 0 atom stereocenters. The first-order chi connectivity index (χ1) is 10.0. The minimum absolute atomic E-state index is 0.0343. The highest BCUT2D eigenvalue weighted by molar-refractivity contribution is 7.99. The lowest BCUT2D eigenvalue weighted by molar-refractivity contribution is -0.133. The van der Waals surface area contributed by atoms with Gasteiger partial charge in [0.1, 0.15) is 5.75 Å². The number of aliphatic carboxylic acids is 1. The molecule has 1 heterocycles. The number of methoxy groups -OCH3 is 1. The number of benzene rings is 1. The molecule has 0 amide bonds. The Bertz CT molecular complexity index is 623. The Morgan fingerprint density at radius 2 is 2.00 bits per heavy atom. The summed E-state index contributed by atoms with van der Waals surface area (Å²) in [4.78, 5) is 10.7. The number of carboxylic acid groups (broad SMARTS) is 1. The standard InChI is InChI=1S/C14H17N3O3S/c1-9(2)17-13(10-4-6-11(20-3)7-5-10)15-16-14(17)21-8-12(18)19/h4-7,9H,8H2,1-3H3,(H,18,19). The first-order valence-corrected chi connectivity index (χ1v) is 7.45. The van der Waals surface area contributed by atoms with Gasteiger partial charge in [-0.15, -0.1) is 10.2 Å². The number of nitrogens with zero attached hydrogens (tertiary/aromatic N) is 3. The second-order valence-electron chi connectivity index (χ2n) is 4.68. The lowest BCUT2D eigenvalue weighted by atomic mass is 10.2. The number of thioether (sulfide) groups is 1. The molecule has 7 heteroatoms. The van der Waals surface area contributed by atoms with Crippen molar-refractivity contribution < 1.29 is 14.6 Å². The predicted octanol–water partition coefficient (Wildman–Crippen LogP) is 2.71. The number of aromatic nitrogens is 3. The minimum atomic E-state index is -0.871. The Kier molecular flexibility index (Phi) is 4.85. The van der Waals surface area contributed by atoms with Gasteiger partial charge in [0, 0.05) is 11.6 Å². The van der Waals surface area contributed by atoms with Crippen molar-refractivity contribution in [1.29, 1.82) is 0 Å². The molecule has 2 rings (SSSR count). The van der Waals surface area contributed by atoms with E-state index in [1.165, 1.54) is 11.8 Å². The summed E-state index contributed by atoms with van der Waals surface area (Å²) in [6.07, 6.45) is 0. The molecule has 0 radical (unpaired) electrons. The summed E-state index contributed by atoms with van der Waals surface area (Å²) in [5, 5.41) is 17.7. The van der Waals surface area contributed by atoms with E-state index in [1.54, 1.807) is 7.11 Å². The van der Waals surface area contributed by atoms with E-state index >= 15 is 0 Å². The molecule has 6 nitrogen and oxygen atoms in total. The van der Waals surface area contributed by atoms with Gasteiger partial charge < -0.3 is 9.84 Å². The zero-order valence-corrected chi connectivity index (χ0v) is 12.9. The molecule has 0 unspecified atom stereocenters. The van der Waals surface area contributed by atoms with E-state index < -0.39 is 5.97 Å². The van der Waals surface area contributed by atoms with Gasteiger partial charge in [0.15, 0.2) is 11.0 Å². The Labute approximate surface area is 127 Å². The fraction of sp³-hybridized carbons (Fsp3) is 0.357. The van der Waals surface area contributed by atoms with Crippen LogP contribution in [-0.4, -0.2) is 38.7 Å². The normalized spacial score (nSPS) is 10.9. The molecule has 0 spiro atoms. The predicted molar refractivity (Wildman–Crippen MR) is 80.8 cm³/mol. The fourth-order valence-corrected chi connectivity index (χ4v) is 2.69. The number of hydrogen-bond donors (Lipinski definition) is 1. The first-order valence-electron chi connectivity index (χ1n) is 6.47. The molecule has 0 bridgehead atoms. The van der Waals surface area contributed by atoms with Gasteiger partial charge in [0.2, 0.25) is 0 Å². The summed E-state index contributed by atoms with van der Waals surface area (Å²) < 4.78 is 7.08. The average Bonchev–Trinajstić information content (AvgIpc) is 2.89. The highest BCUT2D eigenvalue weighted by atomic mass is 32.2. The monoisotopic (exact) mass is 307 g/mol. The number of hydrogen-bond acceptors (Lipinski definition) is 5. The minimum Gasteiger partial charge on any atom is -0.497 e. The number of carbonyl (C=O) groups is 1. The van der Waals surface area contributed by atoms with Crippen LogP contribution in [0, 0.1) is 0 Å². The maximum absolute atomic E-state index is 10.7. The molecule has 0 aliphatic carbocycles. The SMILES string of the molecule is COc1ccc(-c2nnc(SCC(=O)O)n2C(C)C)cc1. The van der Waals surface area contributed by atoms with E-state index in [4.69, 9.17) is 9.84 Å². The summed E-state index contributed by atoms with van der Waals surface area (Å²) in [7, 11) is 1.62. The Morgan fingerprint density at radius 1 is 1.33 bits per heavy atom. The van der Waals surface area contributed by atoms with Crippen LogP contribution in [0.2, 0.25) is 0 Å². The quantitative estimate of drug-likeness (QED) is 0.827. The van der Waals surface area contributed by atoms with E-state index in [0.29, 0.717) is 5.16 Å². The van der Waals surface area contributed by atoms with E-state index in [9.17, 15) is 4.79 Å². The van der Waals surface area contributed by atoms with Crippen molar-refractivity contribution in [2.75, 3.05) is 12.9 Å². The summed E-state index contributed by atoms with van der Waals surface area (Å²) >= 11 is 1.17. The lowest BCUT2D eigenvalue weighted by Gasteiger charge is -2.13. The highest BCUT2D eigenvalue weighted by Crippen LogP contribution is 2.28. The maximum Gasteiger partial charge on any atom is 0.313 e. The number of ether oxygens (including phenoxy) is 1. The van der Waals surface area contributed by atoms with E-state index in [1.807, 2.05) is 42.7 Å². The molecule has 2 aromatic rings. The molecule has 1 aromatic carbocycles. The Balaban J connectivity index is 2.36. The molecule has 0 fully saturated rings. The van der Waals surface area contributed by atoms with Crippen molar-refractivity contribution in [3.05, 3.63) is 24.3 Å². The molecule has 1 aromatic heterocycles. The van der Waals surface area contributed by atoms with Crippen LogP contribution in [0.1, 0.15) is 19.9 Å². The van der Waals surface area contributed by atoms with Crippen LogP contribution >= 0.6 is 11.8 Å². The summed E-state index contributed by atoms with van der Waals surface area (Å²) in [6.45, 7) is 4.03. The fourth-order valence-electron chi connectivity index (χ4n) is 1.90. The molecule has 0 saturated carbocycles. The van der Waals surface area contributed by atoms with Crippen LogP contribution in [0.3, 0.4) is 0 Å². The molecular formula is C14H17N3O3S. The van der Waals surface area contributed by atoms with E-state index in [-0.39, 0.29) is 11.8 Å². The van der Waals surface area contributed by atoms with Crippen LogP contribution in [0.5, 0.6) is 5.75 Å². The molecule has 1 N–H and O–H groups in total. The van der Waals surface area contributed by atoms with Crippen LogP contribution in [-0.2, 0) is 4.79 Å². The van der Waals surface area contributed by atoms with Gasteiger partial charge in [-0.25, -0.2) is 0 Å². The average molecular weight is 307 g/mol. The van der Waals surface area contributed by atoms with Gasteiger partial charge in [-0.3, -0.25) is 9.36 Å². The van der Waals surface area contributed by atoms with Crippen molar-refractivity contribution in [3.8, 4) is 17.1 Å². The molecule has 0 aliphatic heterocycles. The van der Waals surface area contributed by atoms with E-state index in [2.05, 4.69) is 10.2 Å². The first kappa shape index (κ1) is 15.4. The third-order valence-electron chi connectivity index (χ3n) is 2.85. The third-order valence-corrected chi connectivity index (χ3v) is 3.78. The van der Waals surface area contributed by atoms with Crippen molar-refractivity contribution in [3.63, 3.8) is 0 Å². The van der Waals surface area contributed by atoms with Crippen molar-refractivity contribution in [2.45, 2.75) is 25.0 Å². The lowest BCUT2D eigenvalue weighted by Crippen LogP contribution is -2.07. The zero-order chi connectivity index (χ0) is 15.4. The van der Waals surface area contributed by atoms with Crippen molar-refractivity contribution in [1.82, 2.24) is 14.8 Å². The molecule has 0 aliphatic rings. The highest BCUT2D eigenvalue weighted by Gasteiger charge is 2.17. The summed E-state index contributed by atoms with van der Waals surface area (Å²) in [5.41, 5.74) is 0.916. The Morgan fingerprint density at radius 3 is 2.52 bits per heavy atom. The van der Waals surface area contributed by atoms with Gasteiger partial charge in [0.05, 0.1) is 12.9 Å². The summed E-state index contributed by atoms with van der Waals surface area (Å²) in [5.74, 6) is 0.590. The molecule has 21 heavy (non-hydrogen) atoms. The van der Waals surface area contributed by atoms with Crippen LogP contribution < -0.4 is 4.74 Å². The van der Waals surface area contributed by atoms with Gasteiger partial charge in [-0.05, 0) is 38.1 Å². The second kappa shape index (κ2) is 6.62. The molecular weight excluding hydrogens is 290 g/mol. The topological polar surface area (TPSA) is 77.2 Å².